The molecule has 3 aromatic carbocycles. The van der Waals surface area contributed by atoms with Crippen LogP contribution in [0.25, 0.3) is 0 Å². The molecular weight excluding hydrogens is 462 g/mol. The van der Waals surface area contributed by atoms with Crippen molar-refractivity contribution in [2.24, 2.45) is 0 Å². The first kappa shape index (κ1) is 25.0. The fourth-order valence-electron chi connectivity index (χ4n) is 5.79. The van der Waals surface area contributed by atoms with Crippen molar-refractivity contribution >= 4 is 17.7 Å². The highest BCUT2D eigenvalue weighted by atomic mass is 32.2. The summed E-state index contributed by atoms with van der Waals surface area (Å²) in [6.07, 6.45) is 5.21. The fraction of sp³-hybridized carbons (Fsp3) is 0.406. The Labute approximate surface area is 220 Å². The van der Waals surface area contributed by atoms with Crippen LogP contribution in [0.1, 0.15) is 79.4 Å². The summed E-state index contributed by atoms with van der Waals surface area (Å²) in [5.41, 5.74) is 4.71. The minimum Gasteiger partial charge on any atom is -0.490 e. The molecule has 2 unspecified atom stereocenters. The van der Waals surface area contributed by atoms with Crippen LogP contribution in [0.15, 0.2) is 77.7 Å². The zero-order chi connectivity index (χ0) is 25.1. The van der Waals surface area contributed by atoms with Gasteiger partial charge < -0.3 is 9.64 Å². The molecule has 2 atom stereocenters. The van der Waals surface area contributed by atoms with E-state index >= 15 is 0 Å². The Morgan fingerprint density at radius 1 is 0.944 bits per heavy atom. The van der Waals surface area contributed by atoms with Gasteiger partial charge in [-0.05, 0) is 66.1 Å². The molecule has 3 aromatic rings. The molecule has 0 saturated carbocycles. The molecule has 4 heteroatoms. The highest BCUT2D eigenvalue weighted by Crippen LogP contribution is 2.39. The quantitative estimate of drug-likeness (QED) is 0.295. The summed E-state index contributed by atoms with van der Waals surface area (Å²) in [5, 5.41) is 0. The molecule has 1 amide bonds. The molecule has 2 saturated heterocycles. The number of hydrogen-bond acceptors (Lipinski definition) is 3. The Morgan fingerprint density at radius 3 is 2.31 bits per heavy atom. The maximum Gasteiger partial charge on any atom is 0.254 e. The Morgan fingerprint density at radius 2 is 1.61 bits per heavy atom. The van der Waals surface area contributed by atoms with Crippen molar-refractivity contribution < 1.29 is 9.53 Å². The van der Waals surface area contributed by atoms with Crippen molar-refractivity contribution in [1.82, 2.24) is 4.90 Å². The number of piperidine rings is 1. The predicted molar refractivity (Wildman–Crippen MR) is 149 cm³/mol. The zero-order valence-corrected chi connectivity index (χ0v) is 22.5. The monoisotopic (exact) mass is 499 g/mol. The lowest BCUT2D eigenvalue weighted by Gasteiger charge is -2.39. The molecule has 2 aliphatic heterocycles. The Hall–Kier alpha value is -2.72. The molecule has 188 valence electrons. The molecule has 36 heavy (non-hydrogen) atoms. The fourth-order valence-corrected chi connectivity index (χ4v) is 6.88. The molecular formula is C32H37NO2S. The molecule has 3 nitrogen and oxygen atoms in total. The van der Waals surface area contributed by atoms with E-state index in [1.165, 1.54) is 21.6 Å². The number of nitrogens with zero attached hydrogens (tertiary/aromatic N) is 1. The molecule has 5 rings (SSSR count). The van der Waals surface area contributed by atoms with Gasteiger partial charge in [-0.25, -0.2) is 0 Å². The summed E-state index contributed by atoms with van der Waals surface area (Å²) in [7, 11) is 0. The molecule has 0 aliphatic carbocycles. The first-order valence-electron chi connectivity index (χ1n) is 13.4. The predicted octanol–water partition coefficient (Wildman–Crippen LogP) is 7.88. The van der Waals surface area contributed by atoms with Crippen LogP contribution >= 0.6 is 11.8 Å². The lowest BCUT2D eigenvalue weighted by Crippen LogP contribution is -2.49. The largest absolute Gasteiger partial charge is 0.490 e. The molecule has 0 N–H and O–H groups in total. The van der Waals surface area contributed by atoms with Gasteiger partial charge in [0.25, 0.3) is 5.91 Å². The highest BCUT2D eigenvalue weighted by Gasteiger charge is 2.44. The number of carbonyl (C=O) groups is 1. The summed E-state index contributed by atoms with van der Waals surface area (Å²) in [6.45, 7) is 6.62. The smallest absolute Gasteiger partial charge is 0.254 e. The number of para-hydroxylation sites is 1. The number of fused-ring (bicyclic) bond motifs is 2. The molecule has 0 radical (unpaired) electrons. The summed E-state index contributed by atoms with van der Waals surface area (Å²) in [6, 6.07) is 25.8. The van der Waals surface area contributed by atoms with Crippen molar-refractivity contribution in [3.63, 3.8) is 0 Å². The van der Waals surface area contributed by atoms with Crippen molar-refractivity contribution in [3.05, 3.63) is 95.1 Å². The summed E-state index contributed by atoms with van der Waals surface area (Å²) in [5.74, 6) is 2.53. The maximum atomic E-state index is 13.5. The Balaban J connectivity index is 1.21. The normalized spacial score (nSPS) is 21.1. The van der Waals surface area contributed by atoms with Gasteiger partial charge in [-0.2, -0.15) is 0 Å². The number of ether oxygens (including phenoxy) is 1. The third-order valence-corrected chi connectivity index (χ3v) is 8.89. The van der Waals surface area contributed by atoms with Crippen molar-refractivity contribution in [1.29, 1.82) is 0 Å². The third-order valence-electron chi connectivity index (χ3n) is 7.71. The number of amides is 1. The number of carbonyl (C=O) groups excluding carboxylic acids is 1. The zero-order valence-electron chi connectivity index (χ0n) is 21.7. The van der Waals surface area contributed by atoms with Gasteiger partial charge in [-0.3, -0.25) is 4.79 Å². The lowest BCUT2D eigenvalue weighted by atomic mass is 9.97. The maximum absolute atomic E-state index is 13.5. The molecule has 0 spiro atoms. The Kier molecular flexibility index (Phi) is 7.71. The van der Waals surface area contributed by atoms with Crippen LogP contribution in [-0.4, -0.2) is 29.0 Å². The van der Waals surface area contributed by atoms with E-state index in [0.717, 1.165) is 49.2 Å². The van der Waals surface area contributed by atoms with Gasteiger partial charge in [0.05, 0.1) is 0 Å². The molecule has 2 bridgehead atoms. The number of benzene rings is 3. The van der Waals surface area contributed by atoms with Gasteiger partial charge in [-0.15, -0.1) is 11.8 Å². The second-order valence-corrected chi connectivity index (χ2v) is 11.5. The van der Waals surface area contributed by atoms with Crippen LogP contribution in [-0.2, 0) is 12.2 Å². The van der Waals surface area contributed by atoms with E-state index in [2.05, 4.69) is 86.3 Å². The van der Waals surface area contributed by atoms with Crippen molar-refractivity contribution in [2.75, 3.05) is 0 Å². The van der Waals surface area contributed by atoms with Gasteiger partial charge in [0, 0.05) is 41.1 Å². The van der Waals surface area contributed by atoms with E-state index < -0.39 is 0 Å². The Bertz CT molecular complexity index is 1170. The standard InChI is InChI=1S/C32H37NO2S/c1-4-24-9-5-8-12-31(24)36-21-23-13-15-25(16-14-23)32(34)33-26-17-18-27(33)20-28(19-26)35-30-11-7-6-10-29(30)22(2)3/h5-16,22,26-28H,4,17-21H2,1-3H3. The number of rotatable bonds is 8. The first-order valence-corrected chi connectivity index (χ1v) is 14.4. The van der Waals surface area contributed by atoms with Crippen LogP contribution in [0.2, 0.25) is 0 Å². The first-order chi connectivity index (χ1) is 17.5. The highest BCUT2D eigenvalue weighted by molar-refractivity contribution is 7.98. The van der Waals surface area contributed by atoms with Gasteiger partial charge >= 0.3 is 0 Å². The van der Waals surface area contributed by atoms with E-state index in [0.29, 0.717) is 5.92 Å². The second-order valence-electron chi connectivity index (χ2n) is 10.4. The number of hydrogen-bond donors (Lipinski definition) is 0. The number of thioether (sulfide) groups is 1. The van der Waals surface area contributed by atoms with Gasteiger partial charge in [0.2, 0.25) is 0 Å². The SMILES string of the molecule is CCc1ccccc1SCc1ccc(C(=O)N2C3CCC2CC(Oc2ccccc2C(C)C)C3)cc1. The van der Waals surface area contributed by atoms with Crippen LogP contribution < -0.4 is 4.74 Å². The summed E-state index contributed by atoms with van der Waals surface area (Å²) < 4.78 is 6.52. The topological polar surface area (TPSA) is 29.5 Å². The van der Waals surface area contributed by atoms with Crippen molar-refractivity contribution in [3.8, 4) is 5.75 Å². The van der Waals surface area contributed by atoms with Crippen LogP contribution in [0, 0.1) is 0 Å². The van der Waals surface area contributed by atoms with Gasteiger partial charge in [0.15, 0.2) is 0 Å². The van der Waals surface area contributed by atoms with Crippen LogP contribution in [0.4, 0.5) is 0 Å². The van der Waals surface area contributed by atoms with Crippen LogP contribution in [0.5, 0.6) is 5.75 Å². The van der Waals surface area contributed by atoms with E-state index in [1.54, 1.807) is 0 Å². The van der Waals surface area contributed by atoms with Gasteiger partial charge in [-0.1, -0.05) is 69.3 Å². The molecule has 2 aliphatic rings. The van der Waals surface area contributed by atoms with E-state index in [1.807, 2.05) is 23.9 Å². The molecule has 0 aromatic heterocycles. The number of aryl methyl sites for hydroxylation is 1. The average Bonchev–Trinajstić information content (AvgIpc) is 3.17. The minimum atomic E-state index is 0.178. The molecule has 2 fully saturated rings. The molecule has 2 heterocycles. The van der Waals surface area contributed by atoms with E-state index in [-0.39, 0.29) is 24.1 Å². The van der Waals surface area contributed by atoms with E-state index in [4.69, 9.17) is 4.74 Å². The van der Waals surface area contributed by atoms with Crippen molar-refractivity contribution in [2.45, 2.75) is 87.6 Å². The lowest BCUT2D eigenvalue weighted by molar-refractivity contribution is 0.0356. The third kappa shape index (κ3) is 5.34. The second kappa shape index (κ2) is 11.1. The van der Waals surface area contributed by atoms with Crippen LogP contribution in [0.3, 0.4) is 0 Å². The van der Waals surface area contributed by atoms with Gasteiger partial charge in [0.1, 0.15) is 11.9 Å². The summed E-state index contributed by atoms with van der Waals surface area (Å²) >= 11 is 1.87. The minimum absolute atomic E-state index is 0.178. The van der Waals surface area contributed by atoms with E-state index in [9.17, 15) is 4.79 Å². The summed E-state index contributed by atoms with van der Waals surface area (Å²) in [4.78, 5) is 17.0. The average molecular weight is 500 g/mol.